The maximum atomic E-state index is 9.36. The number of para-hydroxylation sites is 1. The lowest BCUT2D eigenvalue weighted by molar-refractivity contribution is 0.307. The van der Waals surface area contributed by atoms with Gasteiger partial charge in [-0.1, -0.05) is 36.4 Å². The van der Waals surface area contributed by atoms with Crippen LogP contribution in [0.4, 0.5) is 0 Å². The molecule has 2 aromatic carbocycles. The number of alkyl halides is 1. The summed E-state index contributed by atoms with van der Waals surface area (Å²) in [7, 11) is 0. The third-order valence-corrected chi connectivity index (χ3v) is 3.98. The summed E-state index contributed by atoms with van der Waals surface area (Å²) in [4.78, 5) is 0. The molecule has 0 saturated heterocycles. The molecule has 0 aliphatic carbocycles. The molecule has 0 N–H and O–H groups in total. The maximum Gasteiger partial charge on any atom is 0.127 e. The van der Waals surface area contributed by atoms with Crippen molar-refractivity contribution in [3.05, 3.63) is 70.3 Å². The predicted molar refractivity (Wildman–Crippen MR) is 84.1 cm³/mol. The van der Waals surface area contributed by atoms with Gasteiger partial charge in [-0.2, -0.15) is 5.26 Å². The van der Waals surface area contributed by atoms with Crippen molar-refractivity contribution in [3.63, 3.8) is 0 Å². The molecular weight excluding hydrogens is 282 g/mol. The number of benzene rings is 2. The van der Waals surface area contributed by atoms with Crippen LogP contribution in [-0.4, -0.2) is 0 Å². The highest BCUT2D eigenvalue weighted by Crippen LogP contribution is 2.38. The molecule has 0 atom stereocenters. The molecule has 0 aromatic heterocycles. The number of rotatable bonds is 1. The van der Waals surface area contributed by atoms with Gasteiger partial charge in [0, 0.05) is 22.6 Å². The highest BCUT2D eigenvalue weighted by atomic mass is 35.5. The van der Waals surface area contributed by atoms with Gasteiger partial charge in [0.15, 0.2) is 0 Å². The van der Waals surface area contributed by atoms with Gasteiger partial charge in [-0.3, -0.25) is 0 Å². The Morgan fingerprint density at radius 2 is 2.05 bits per heavy atom. The summed E-state index contributed by atoms with van der Waals surface area (Å²) in [5, 5.41) is 9.36. The number of hydrogen-bond acceptors (Lipinski definition) is 2. The Kier molecular flexibility index (Phi) is 3.68. The van der Waals surface area contributed by atoms with Crippen molar-refractivity contribution in [2.24, 2.45) is 0 Å². The van der Waals surface area contributed by atoms with Gasteiger partial charge in [-0.25, -0.2) is 0 Å². The minimum Gasteiger partial charge on any atom is -0.488 e. The Morgan fingerprint density at radius 3 is 2.81 bits per heavy atom. The highest BCUT2D eigenvalue weighted by molar-refractivity contribution is 6.17. The zero-order valence-electron chi connectivity index (χ0n) is 11.7. The van der Waals surface area contributed by atoms with Crippen LogP contribution >= 0.6 is 11.6 Å². The van der Waals surface area contributed by atoms with Crippen LogP contribution in [0.2, 0.25) is 0 Å². The fraction of sp³-hybridized carbons (Fsp3) is 0.167. The van der Waals surface area contributed by atoms with Crippen LogP contribution in [0.5, 0.6) is 5.75 Å². The van der Waals surface area contributed by atoms with E-state index in [1.54, 1.807) is 0 Å². The normalized spacial score (nSPS) is 15.1. The number of fused-ring (bicyclic) bond motifs is 2. The molecule has 0 unspecified atom stereocenters. The number of allylic oxidation sites excluding steroid dienone is 1. The molecule has 0 radical (unpaired) electrons. The third kappa shape index (κ3) is 2.41. The number of hydrogen-bond donors (Lipinski definition) is 0. The summed E-state index contributed by atoms with van der Waals surface area (Å²) in [6, 6.07) is 16.2. The first kappa shape index (κ1) is 13.7. The average Bonchev–Trinajstić information content (AvgIpc) is 2.70. The van der Waals surface area contributed by atoms with Crippen molar-refractivity contribution in [1.82, 2.24) is 0 Å². The second kappa shape index (κ2) is 5.63. The molecule has 1 heterocycles. The van der Waals surface area contributed by atoms with Gasteiger partial charge in [0.2, 0.25) is 0 Å². The van der Waals surface area contributed by atoms with E-state index in [1.165, 1.54) is 0 Å². The molecule has 3 heteroatoms. The first-order chi connectivity index (χ1) is 10.2. The highest BCUT2D eigenvalue weighted by Gasteiger charge is 2.21. The Hall–Kier alpha value is -2.24. The molecule has 104 valence electrons. The van der Waals surface area contributed by atoms with E-state index in [1.807, 2.05) is 43.3 Å². The van der Waals surface area contributed by atoms with Gasteiger partial charge in [-0.05, 0) is 29.7 Å². The van der Waals surface area contributed by atoms with Crippen LogP contribution in [0, 0.1) is 11.3 Å². The van der Waals surface area contributed by atoms with Crippen LogP contribution < -0.4 is 4.74 Å². The minimum absolute atomic E-state index is 0.469. The second-order valence-corrected chi connectivity index (χ2v) is 5.29. The van der Waals surface area contributed by atoms with Gasteiger partial charge in [0.25, 0.3) is 0 Å². The van der Waals surface area contributed by atoms with E-state index in [0.29, 0.717) is 18.1 Å². The van der Waals surface area contributed by atoms with Crippen LogP contribution in [0.1, 0.15) is 29.2 Å². The van der Waals surface area contributed by atoms with Crippen molar-refractivity contribution in [2.45, 2.75) is 19.4 Å². The lowest BCUT2D eigenvalue weighted by Crippen LogP contribution is -1.97. The summed E-state index contributed by atoms with van der Waals surface area (Å²) in [5.74, 6) is 1.28. The van der Waals surface area contributed by atoms with Crippen LogP contribution in [0.25, 0.3) is 5.57 Å². The molecule has 2 nitrogen and oxygen atoms in total. The Morgan fingerprint density at radius 1 is 1.24 bits per heavy atom. The van der Waals surface area contributed by atoms with Gasteiger partial charge < -0.3 is 4.74 Å². The van der Waals surface area contributed by atoms with E-state index >= 15 is 0 Å². The molecule has 0 saturated carbocycles. The minimum atomic E-state index is 0.469. The first-order valence-corrected chi connectivity index (χ1v) is 7.29. The molecule has 0 bridgehead atoms. The van der Waals surface area contributed by atoms with Crippen molar-refractivity contribution < 1.29 is 4.74 Å². The SMILES string of the molecule is C/C(C#N)=C1/c2ccc(CCl)cc2COc2ccccc21. The molecule has 0 spiro atoms. The fourth-order valence-corrected chi connectivity index (χ4v) is 2.82. The Bertz CT molecular complexity index is 771. The largest absolute Gasteiger partial charge is 0.488 e. The monoisotopic (exact) mass is 295 g/mol. The number of nitriles is 1. The van der Waals surface area contributed by atoms with E-state index in [9.17, 15) is 5.26 Å². The molecule has 21 heavy (non-hydrogen) atoms. The van der Waals surface area contributed by atoms with Gasteiger partial charge in [0.05, 0.1) is 6.07 Å². The maximum absolute atomic E-state index is 9.36. The summed E-state index contributed by atoms with van der Waals surface area (Å²) >= 11 is 5.92. The lowest BCUT2D eigenvalue weighted by atomic mass is 9.90. The first-order valence-electron chi connectivity index (χ1n) is 6.76. The van der Waals surface area contributed by atoms with Gasteiger partial charge in [0.1, 0.15) is 12.4 Å². The molecule has 1 aliphatic heterocycles. The standard InChI is InChI=1S/C18H14ClNO/c1-12(10-20)18-15-7-6-13(9-19)8-14(15)11-21-17-5-3-2-4-16(17)18/h2-8H,9,11H2,1H3/b18-12+. The number of nitrogens with zero attached hydrogens (tertiary/aromatic N) is 1. The molecule has 0 fully saturated rings. The van der Waals surface area contributed by atoms with E-state index in [4.69, 9.17) is 16.3 Å². The summed E-state index contributed by atoms with van der Waals surface area (Å²) in [5.41, 5.74) is 5.77. The number of ether oxygens (including phenoxy) is 1. The summed E-state index contributed by atoms with van der Waals surface area (Å²) in [6.07, 6.45) is 0. The smallest absolute Gasteiger partial charge is 0.127 e. The van der Waals surface area contributed by atoms with Gasteiger partial charge >= 0.3 is 0 Å². The van der Waals surface area contributed by atoms with E-state index in [0.717, 1.165) is 33.6 Å². The topological polar surface area (TPSA) is 33.0 Å². The van der Waals surface area contributed by atoms with Crippen molar-refractivity contribution in [1.29, 1.82) is 5.26 Å². The van der Waals surface area contributed by atoms with E-state index in [2.05, 4.69) is 12.1 Å². The summed E-state index contributed by atoms with van der Waals surface area (Å²) in [6.45, 7) is 2.33. The zero-order chi connectivity index (χ0) is 14.8. The van der Waals surface area contributed by atoms with Crippen LogP contribution in [-0.2, 0) is 12.5 Å². The van der Waals surface area contributed by atoms with Gasteiger partial charge in [-0.15, -0.1) is 11.6 Å². The fourth-order valence-electron chi connectivity index (χ4n) is 2.65. The molecule has 2 aromatic rings. The summed E-state index contributed by atoms with van der Waals surface area (Å²) < 4.78 is 5.91. The quantitative estimate of drug-likeness (QED) is 0.566. The lowest BCUT2D eigenvalue weighted by Gasteiger charge is -2.11. The average molecular weight is 296 g/mol. The van der Waals surface area contributed by atoms with Crippen molar-refractivity contribution in [3.8, 4) is 11.8 Å². The molecule has 0 amide bonds. The predicted octanol–water partition coefficient (Wildman–Crippen LogP) is 4.66. The van der Waals surface area contributed by atoms with E-state index in [-0.39, 0.29) is 0 Å². The Balaban J connectivity index is 2.30. The molecule has 3 rings (SSSR count). The number of halogens is 1. The second-order valence-electron chi connectivity index (χ2n) is 5.02. The Labute approximate surface area is 129 Å². The third-order valence-electron chi connectivity index (χ3n) is 3.68. The molecule has 1 aliphatic rings. The van der Waals surface area contributed by atoms with Crippen LogP contribution in [0.3, 0.4) is 0 Å². The van der Waals surface area contributed by atoms with E-state index < -0.39 is 0 Å². The van der Waals surface area contributed by atoms with Crippen LogP contribution in [0.15, 0.2) is 48.0 Å². The van der Waals surface area contributed by atoms with Crippen molar-refractivity contribution in [2.75, 3.05) is 0 Å². The molecular formula is C18H14ClNO. The van der Waals surface area contributed by atoms with Crippen molar-refractivity contribution >= 4 is 17.2 Å². The zero-order valence-corrected chi connectivity index (χ0v) is 12.4.